The van der Waals surface area contributed by atoms with Gasteiger partial charge in [0.2, 0.25) is 0 Å². The van der Waals surface area contributed by atoms with Crippen LogP contribution in [0, 0.1) is 5.82 Å². The van der Waals surface area contributed by atoms with E-state index in [-0.39, 0.29) is 29.9 Å². The van der Waals surface area contributed by atoms with Crippen molar-refractivity contribution < 1.29 is 23.4 Å². The third-order valence-corrected chi connectivity index (χ3v) is 4.91. The van der Waals surface area contributed by atoms with Gasteiger partial charge < -0.3 is 14.2 Å². The summed E-state index contributed by atoms with van der Waals surface area (Å²) in [6, 6.07) is 25.4. The average molecular weight is 416 g/mol. The normalized spacial score (nSPS) is 10.6. The highest BCUT2D eigenvalue weighted by molar-refractivity contribution is 5.99. The molecule has 0 N–H and O–H groups in total. The van der Waals surface area contributed by atoms with Crippen LogP contribution < -0.4 is 9.47 Å². The summed E-state index contributed by atoms with van der Waals surface area (Å²) in [6.45, 7) is 0.375. The third-order valence-electron chi connectivity index (χ3n) is 4.91. The molecule has 0 bridgehead atoms. The summed E-state index contributed by atoms with van der Waals surface area (Å²) in [5.74, 6) is -0.684. The minimum Gasteiger partial charge on any atom is -0.494 e. The van der Waals surface area contributed by atoms with Crippen LogP contribution >= 0.6 is 0 Å². The van der Waals surface area contributed by atoms with Gasteiger partial charge in [0.1, 0.15) is 24.5 Å². The van der Waals surface area contributed by atoms with Gasteiger partial charge in [0.05, 0.1) is 7.11 Å². The number of halogens is 1. The van der Waals surface area contributed by atoms with Crippen LogP contribution in [-0.2, 0) is 18.0 Å². The molecule has 4 aromatic rings. The van der Waals surface area contributed by atoms with Gasteiger partial charge in [-0.25, -0.2) is 9.18 Å². The number of hydrogen-bond acceptors (Lipinski definition) is 4. The highest BCUT2D eigenvalue weighted by Gasteiger charge is 2.19. The van der Waals surface area contributed by atoms with Gasteiger partial charge in [-0.3, -0.25) is 0 Å². The van der Waals surface area contributed by atoms with Crippen LogP contribution in [0.5, 0.6) is 11.5 Å². The first kappa shape index (κ1) is 20.4. The molecule has 0 saturated heterocycles. The Morgan fingerprint density at radius 3 is 2.10 bits per heavy atom. The lowest BCUT2D eigenvalue weighted by atomic mass is 10.0. The first-order valence-electron chi connectivity index (χ1n) is 9.83. The van der Waals surface area contributed by atoms with Crippen LogP contribution in [0.4, 0.5) is 4.39 Å². The fourth-order valence-electron chi connectivity index (χ4n) is 3.27. The molecule has 4 nitrogen and oxygen atoms in total. The van der Waals surface area contributed by atoms with Crippen molar-refractivity contribution in [1.82, 2.24) is 0 Å². The zero-order chi connectivity index (χ0) is 21.6. The van der Waals surface area contributed by atoms with Crippen molar-refractivity contribution in [3.8, 4) is 11.5 Å². The monoisotopic (exact) mass is 416 g/mol. The van der Waals surface area contributed by atoms with E-state index in [2.05, 4.69) is 0 Å². The van der Waals surface area contributed by atoms with Crippen molar-refractivity contribution in [2.24, 2.45) is 0 Å². The minimum atomic E-state index is -0.587. The van der Waals surface area contributed by atoms with Gasteiger partial charge in [0.25, 0.3) is 0 Å². The van der Waals surface area contributed by atoms with E-state index in [0.29, 0.717) is 11.1 Å². The summed E-state index contributed by atoms with van der Waals surface area (Å²) >= 11 is 0. The predicted octanol–water partition coefficient (Wildman–Crippen LogP) is 5.92. The highest BCUT2D eigenvalue weighted by Crippen LogP contribution is 2.33. The zero-order valence-corrected chi connectivity index (χ0v) is 17.0. The lowest BCUT2D eigenvalue weighted by Crippen LogP contribution is -2.09. The van der Waals surface area contributed by atoms with Gasteiger partial charge in [-0.2, -0.15) is 0 Å². The molecule has 0 aromatic heterocycles. The molecule has 4 aromatic carbocycles. The van der Waals surface area contributed by atoms with E-state index in [4.69, 9.17) is 14.2 Å². The summed E-state index contributed by atoms with van der Waals surface area (Å²) in [6.07, 6.45) is 0. The Morgan fingerprint density at radius 1 is 0.806 bits per heavy atom. The van der Waals surface area contributed by atoms with Gasteiger partial charge in [-0.15, -0.1) is 0 Å². The van der Waals surface area contributed by atoms with Gasteiger partial charge in [-0.1, -0.05) is 66.7 Å². The summed E-state index contributed by atoms with van der Waals surface area (Å²) in [5.41, 5.74) is 1.97. The Morgan fingerprint density at radius 2 is 1.45 bits per heavy atom. The summed E-state index contributed by atoms with van der Waals surface area (Å²) in [7, 11) is 1.40. The van der Waals surface area contributed by atoms with Crippen LogP contribution in [0.2, 0.25) is 0 Å². The standard InChI is InChI=1S/C26H21FO4/c1-29-23-13-12-20-14-24(30-16-18-8-4-2-5-9-18)22(15-21(20)25(23)27)26(28)31-17-19-10-6-3-7-11-19/h2-15H,16-17H2,1H3. The first-order valence-corrected chi connectivity index (χ1v) is 9.83. The molecule has 0 radical (unpaired) electrons. The molecular formula is C26H21FO4. The van der Waals surface area contributed by atoms with Crippen LogP contribution in [0.3, 0.4) is 0 Å². The fraction of sp³-hybridized carbons (Fsp3) is 0.115. The number of benzene rings is 4. The number of carbonyl (C=O) groups is 1. The highest BCUT2D eigenvalue weighted by atomic mass is 19.1. The first-order chi connectivity index (χ1) is 15.2. The molecule has 0 atom stereocenters. The molecular weight excluding hydrogens is 395 g/mol. The predicted molar refractivity (Wildman–Crippen MR) is 117 cm³/mol. The second-order valence-electron chi connectivity index (χ2n) is 6.99. The van der Waals surface area contributed by atoms with E-state index in [1.54, 1.807) is 18.2 Å². The second kappa shape index (κ2) is 9.30. The number of carbonyl (C=O) groups excluding carboxylic acids is 1. The van der Waals surface area contributed by atoms with Crippen LogP contribution in [0.25, 0.3) is 10.8 Å². The minimum absolute atomic E-state index is 0.106. The molecule has 0 fully saturated rings. The molecule has 4 rings (SSSR count). The number of hydrogen-bond donors (Lipinski definition) is 0. The maximum absolute atomic E-state index is 14.8. The van der Waals surface area contributed by atoms with Crippen molar-refractivity contribution in [3.05, 3.63) is 107 Å². The van der Waals surface area contributed by atoms with Crippen LogP contribution in [0.1, 0.15) is 21.5 Å². The third kappa shape index (κ3) is 4.67. The van der Waals surface area contributed by atoms with Crippen molar-refractivity contribution in [3.63, 3.8) is 0 Å². The van der Waals surface area contributed by atoms with Crippen molar-refractivity contribution in [2.75, 3.05) is 7.11 Å². The van der Waals surface area contributed by atoms with E-state index in [1.807, 2.05) is 60.7 Å². The Hall–Kier alpha value is -3.86. The fourth-order valence-corrected chi connectivity index (χ4v) is 3.27. The maximum Gasteiger partial charge on any atom is 0.342 e. The van der Waals surface area contributed by atoms with E-state index in [9.17, 15) is 9.18 Å². The molecule has 0 saturated carbocycles. The number of esters is 1. The molecule has 0 aliphatic rings. The average Bonchev–Trinajstić information content (AvgIpc) is 2.82. The Labute approximate surface area is 179 Å². The zero-order valence-electron chi connectivity index (χ0n) is 17.0. The molecule has 0 unspecified atom stereocenters. The van der Waals surface area contributed by atoms with E-state index in [0.717, 1.165) is 11.1 Å². The lowest BCUT2D eigenvalue weighted by molar-refractivity contribution is 0.0468. The molecule has 0 amide bonds. The van der Waals surface area contributed by atoms with Crippen LogP contribution in [0.15, 0.2) is 84.9 Å². The largest absolute Gasteiger partial charge is 0.494 e. The number of fused-ring (bicyclic) bond motifs is 1. The van der Waals surface area contributed by atoms with E-state index < -0.39 is 11.8 Å². The van der Waals surface area contributed by atoms with E-state index in [1.165, 1.54) is 13.2 Å². The second-order valence-corrected chi connectivity index (χ2v) is 6.99. The topological polar surface area (TPSA) is 44.8 Å². The summed E-state index contributed by atoms with van der Waals surface area (Å²) in [4.78, 5) is 12.9. The lowest BCUT2D eigenvalue weighted by Gasteiger charge is -2.14. The molecule has 0 heterocycles. The molecule has 0 spiro atoms. The quantitative estimate of drug-likeness (QED) is 0.351. The maximum atomic E-state index is 14.8. The van der Waals surface area contributed by atoms with Gasteiger partial charge in [0.15, 0.2) is 11.6 Å². The van der Waals surface area contributed by atoms with E-state index >= 15 is 0 Å². The molecule has 156 valence electrons. The smallest absolute Gasteiger partial charge is 0.342 e. The van der Waals surface area contributed by atoms with Gasteiger partial charge >= 0.3 is 5.97 Å². The van der Waals surface area contributed by atoms with Crippen molar-refractivity contribution in [1.29, 1.82) is 0 Å². The Balaban J connectivity index is 1.68. The number of methoxy groups -OCH3 is 1. The summed E-state index contributed by atoms with van der Waals surface area (Å²) < 4.78 is 31.3. The number of rotatable bonds is 7. The molecule has 0 aliphatic carbocycles. The van der Waals surface area contributed by atoms with Crippen LogP contribution in [-0.4, -0.2) is 13.1 Å². The molecule has 5 heteroatoms. The SMILES string of the molecule is COc1ccc2cc(OCc3ccccc3)c(C(=O)OCc3ccccc3)cc2c1F. The molecule has 0 aliphatic heterocycles. The Kier molecular flexibility index (Phi) is 6.13. The Bertz CT molecular complexity index is 1190. The number of ether oxygens (including phenoxy) is 3. The van der Waals surface area contributed by atoms with Gasteiger partial charge in [0, 0.05) is 5.39 Å². The summed E-state index contributed by atoms with van der Waals surface area (Å²) in [5, 5.41) is 0.860. The van der Waals surface area contributed by atoms with Crippen molar-refractivity contribution >= 4 is 16.7 Å². The van der Waals surface area contributed by atoms with Gasteiger partial charge in [-0.05, 0) is 34.7 Å². The van der Waals surface area contributed by atoms with Crippen molar-refractivity contribution in [2.45, 2.75) is 13.2 Å². The molecule has 31 heavy (non-hydrogen) atoms.